The molecule has 7 heteroatoms. The van der Waals surface area contributed by atoms with E-state index in [0.29, 0.717) is 13.1 Å². The van der Waals surface area contributed by atoms with Gasteiger partial charge in [0.1, 0.15) is 0 Å². The van der Waals surface area contributed by atoms with Crippen molar-refractivity contribution in [2.75, 3.05) is 29.4 Å². The first-order valence-electron chi connectivity index (χ1n) is 10.3. The minimum absolute atomic E-state index is 0.0464. The largest absolute Gasteiger partial charge is 0.478 e. The third-order valence-electron chi connectivity index (χ3n) is 5.80. The van der Waals surface area contributed by atoms with Crippen LogP contribution in [0.5, 0.6) is 0 Å². The third-order valence-corrected chi connectivity index (χ3v) is 5.80. The number of carbonyl (C=O) groups is 3. The number of rotatable bonds is 6. The summed E-state index contributed by atoms with van der Waals surface area (Å²) in [6, 6.07) is 14.4. The van der Waals surface area contributed by atoms with Crippen molar-refractivity contribution in [3.05, 3.63) is 59.7 Å². The van der Waals surface area contributed by atoms with Gasteiger partial charge in [-0.3, -0.25) is 9.59 Å². The molecule has 2 fully saturated rings. The van der Waals surface area contributed by atoms with Crippen molar-refractivity contribution in [2.45, 2.75) is 25.8 Å². The molecule has 2 amide bonds. The van der Waals surface area contributed by atoms with Crippen molar-refractivity contribution in [1.29, 1.82) is 0 Å². The average molecular weight is 407 g/mol. The second-order valence-corrected chi connectivity index (χ2v) is 7.84. The molecule has 2 aliphatic rings. The van der Waals surface area contributed by atoms with E-state index in [1.807, 2.05) is 24.3 Å². The summed E-state index contributed by atoms with van der Waals surface area (Å²) < 4.78 is 0. The highest BCUT2D eigenvalue weighted by Crippen LogP contribution is 2.28. The van der Waals surface area contributed by atoms with Gasteiger partial charge in [-0.15, -0.1) is 0 Å². The molecule has 2 N–H and O–H groups in total. The van der Waals surface area contributed by atoms with Gasteiger partial charge in [0, 0.05) is 44.0 Å². The van der Waals surface area contributed by atoms with Crippen LogP contribution in [0, 0.1) is 5.92 Å². The lowest BCUT2D eigenvalue weighted by atomic mass is 10.1. The zero-order valence-electron chi connectivity index (χ0n) is 16.7. The van der Waals surface area contributed by atoms with E-state index in [1.54, 1.807) is 17.0 Å². The van der Waals surface area contributed by atoms with Crippen molar-refractivity contribution < 1.29 is 19.5 Å². The number of carboxylic acids is 1. The maximum absolute atomic E-state index is 12.6. The third kappa shape index (κ3) is 4.30. The highest BCUT2D eigenvalue weighted by Gasteiger charge is 2.35. The Hall–Kier alpha value is -3.35. The summed E-state index contributed by atoms with van der Waals surface area (Å²) in [6.45, 7) is 2.81. The van der Waals surface area contributed by atoms with Crippen LogP contribution in [0.25, 0.3) is 0 Å². The molecule has 156 valence electrons. The van der Waals surface area contributed by atoms with Crippen molar-refractivity contribution in [3.8, 4) is 0 Å². The van der Waals surface area contributed by atoms with Gasteiger partial charge in [-0.25, -0.2) is 4.79 Å². The van der Waals surface area contributed by atoms with E-state index < -0.39 is 11.9 Å². The van der Waals surface area contributed by atoms with E-state index in [1.165, 1.54) is 30.7 Å². The molecule has 0 bridgehead atoms. The number of benzene rings is 2. The monoisotopic (exact) mass is 407 g/mol. The Labute approximate surface area is 175 Å². The molecule has 2 saturated heterocycles. The topological polar surface area (TPSA) is 89.9 Å². The fraction of sp³-hybridized carbons (Fsp3) is 0.348. The molecule has 7 nitrogen and oxygen atoms in total. The molecule has 2 aliphatic heterocycles. The Morgan fingerprint density at radius 1 is 0.967 bits per heavy atom. The Kier molecular flexibility index (Phi) is 5.70. The fourth-order valence-corrected chi connectivity index (χ4v) is 4.05. The standard InChI is InChI=1S/C23H25N3O4/c27-21-13-18(22(28)24-14-16-3-5-17(6-4-16)23(29)30)15-26(21)20-9-7-19(8-10-20)25-11-1-2-12-25/h3-10,18H,1-2,11-15H2,(H,24,28)(H,29,30). The molecule has 4 rings (SSSR count). The number of amides is 2. The van der Waals surface area contributed by atoms with Crippen LogP contribution in [-0.4, -0.2) is 42.5 Å². The van der Waals surface area contributed by atoms with Crippen LogP contribution < -0.4 is 15.1 Å². The Bertz CT molecular complexity index is 934. The zero-order chi connectivity index (χ0) is 21.1. The van der Waals surface area contributed by atoms with Crippen molar-refractivity contribution in [3.63, 3.8) is 0 Å². The number of hydrogen-bond donors (Lipinski definition) is 2. The second-order valence-electron chi connectivity index (χ2n) is 7.84. The Morgan fingerprint density at radius 3 is 2.23 bits per heavy atom. The lowest BCUT2D eigenvalue weighted by Gasteiger charge is -2.20. The van der Waals surface area contributed by atoms with E-state index in [-0.39, 0.29) is 23.8 Å². The first-order chi connectivity index (χ1) is 14.5. The molecule has 2 aromatic carbocycles. The normalized spacial score (nSPS) is 18.7. The van der Waals surface area contributed by atoms with Gasteiger partial charge >= 0.3 is 5.97 Å². The van der Waals surface area contributed by atoms with Crippen molar-refractivity contribution >= 4 is 29.2 Å². The maximum Gasteiger partial charge on any atom is 0.335 e. The molecular formula is C23H25N3O4. The van der Waals surface area contributed by atoms with E-state index in [0.717, 1.165) is 24.3 Å². The highest BCUT2D eigenvalue weighted by atomic mass is 16.4. The summed E-state index contributed by atoms with van der Waals surface area (Å²) in [6.07, 6.45) is 2.62. The molecule has 0 aromatic heterocycles. The summed E-state index contributed by atoms with van der Waals surface area (Å²) in [4.78, 5) is 40.0. The summed E-state index contributed by atoms with van der Waals surface area (Å²) >= 11 is 0. The molecule has 30 heavy (non-hydrogen) atoms. The quantitative estimate of drug-likeness (QED) is 0.768. The number of nitrogens with one attached hydrogen (secondary N) is 1. The molecule has 0 saturated carbocycles. The molecule has 2 aromatic rings. The van der Waals surface area contributed by atoms with Gasteiger partial charge in [-0.05, 0) is 54.8 Å². The number of carbonyl (C=O) groups excluding carboxylic acids is 2. The number of anilines is 2. The Balaban J connectivity index is 1.33. The number of carboxylic acid groups (broad SMARTS) is 1. The molecule has 1 atom stereocenters. The smallest absolute Gasteiger partial charge is 0.335 e. The fourth-order valence-electron chi connectivity index (χ4n) is 4.05. The SMILES string of the molecule is O=C(O)c1ccc(CNC(=O)C2CC(=O)N(c3ccc(N4CCCC4)cc3)C2)cc1. The van der Waals surface area contributed by atoms with E-state index >= 15 is 0 Å². The molecule has 1 unspecified atom stereocenters. The van der Waals surface area contributed by atoms with Crippen molar-refractivity contribution in [1.82, 2.24) is 5.32 Å². The number of hydrogen-bond acceptors (Lipinski definition) is 4. The highest BCUT2D eigenvalue weighted by molar-refractivity contribution is 6.00. The predicted molar refractivity (Wildman–Crippen MR) is 114 cm³/mol. The van der Waals surface area contributed by atoms with Gasteiger partial charge in [0.15, 0.2) is 0 Å². The van der Waals surface area contributed by atoms with Gasteiger partial charge in [0.05, 0.1) is 11.5 Å². The zero-order valence-corrected chi connectivity index (χ0v) is 16.7. The molecular weight excluding hydrogens is 382 g/mol. The molecule has 0 aliphatic carbocycles. The first kappa shape index (κ1) is 19.9. The van der Waals surface area contributed by atoms with Gasteiger partial charge in [0.2, 0.25) is 11.8 Å². The van der Waals surface area contributed by atoms with Crippen LogP contribution in [0.2, 0.25) is 0 Å². The number of nitrogens with zero attached hydrogens (tertiary/aromatic N) is 2. The van der Waals surface area contributed by atoms with Gasteiger partial charge in [0.25, 0.3) is 0 Å². The molecule has 0 spiro atoms. The lowest BCUT2D eigenvalue weighted by Crippen LogP contribution is -2.32. The van der Waals surface area contributed by atoms with Crippen LogP contribution in [0.1, 0.15) is 35.2 Å². The minimum atomic E-state index is -0.983. The predicted octanol–water partition coefficient (Wildman–Crippen LogP) is 2.65. The van der Waals surface area contributed by atoms with Gasteiger partial charge in [-0.1, -0.05) is 12.1 Å². The lowest BCUT2D eigenvalue weighted by molar-refractivity contribution is -0.126. The van der Waals surface area contributed by atoms with Crippen LogP contribution in [0.3, 0.4) is 0 Å². The minimum Gasteiger partial charge on any atom is -0.478 e. The summed E-state index contributed by atoms with van der Waals surface area (Å²) in [5.41, 5.74) is 3.01. The number of aromatic carboxylic acids is 1. The van der Waals surface area contributed by atoms with E-state index in [4.69, 9.17) is 5.11 Å². The van der Waals surface area contributed by atoms with Gasteiger partial charge in [-0.2, -0.15) is 0 Å². The molecule has 2 heterocycles. The van der Waals surface area contributed by atoms with Gasteiger partial charge < -0.3 is 20.2 Å². The van der Waals surface area contributed by atoms with Crippen LogP contribution in [0.15, 0.2) is 48.5 Å². The van der Waals surface area contributed by atoms with Crippen LogP contribution in [-0.2, 0) is 16.1 Å². The van der Waals surface area contributed by atoms with Crippen LogP contribution >= 0.6 is 0 Å². The molecule has 0 radical (unpaired) electrons. The Morgan fingerprint density at radius 2 is 1.60 bits per heavy atom. The van der Waals surface area contributed by atoms with E-state index in [9.17, 15) is 14.4 Å². The van der Waals surface area contributed by atoms with E-state index in [2.05, 4.69) is 10.2 Å². The second kappa shape index (κ2) is 8.57. The summed E-state index contributed by atoms with van der Waals surface area (Å²) in [5.74, 6) is -1.59. The maximum atomic E-state index is 12.6. The average Bonchev–Trinajstić information content (AvgIpc) is 3.42. The first-order valence-corrected chi connectivity index (χ1v) is 10.3. The summed E-state index contributed by atoms with van der Waals surface area (Å²) in [5, 5.41) is 11.8. The summed E-state index contributed by atoms with van der Waals surface area (Å²) in [7, 11) is 0. The van der Waals surface area contributed by atoms with Crippen molar-refractivity contribution in [2.24, 2.45) is 5.92 Å². The van der Waals surface area contributed by atoms with Crippen LogP contribution in [0.4, 0.5) is 11.4 Å².